The zero-order valence-electron chi connectivity index (χ0n) is 6.58. The first kappa shape index (κ1) is 10.7. The van der Waals surface area contributed by atoms with Crippen molar-refractivity contribution >= 4 is 31.9 Å². The molecule has 0 N–H and O–H groups in total. The molecule has 2 heteroatoms. The third-order valence-electron chi connectivity index (χ3n) is 1.37. The molecular weight excluding hydrogens is 256 g/mol. The maximum atomic E-state index is 3.44. The molecule has 0 aliphatic rings. The highest BCUT2D eigenvalue weighted by molar-refractivity contribution is 9.28. The van der Waals surface area contributed by atoms with Crippen molar-refractivity contribution in [1.29, 1.82) is 0 Å². The van der Waals surface area contributed by atoms with Crippen LogP contribution in [0.15, 0.2) is 8.96 Å². The minimum absolute atomic E-state index is 1.16. The Balaban J connectivity index is 3.86. The molecule has 0 aliphatic heterocycles. The van der Waals surface area contributed by atoms with Gasteiger partial charge in [0.25, 0.3) is 0 Å². The summed E-state index contributed by atoms with van der Waals surface area (Å²) in [6.45, 7) is 4.41. The predicted octanol–water partition coefficient (Wildman–Crippen LogP) is 4.59. The largest absolute Gasteiger partial charge is 0.0651 e. The summed E-state index contributed by atoms with van der Waals surface area (Å²) in [7, 11) is 0. The van der Waals surface area contributed by atoms with E-state index < -0.39 is 0 Å². The molecular formula is C8H14Br2. The quantitative estimate of drug-likeness (QED) is 0.700. The van der Waals surface area contributed by atoms with Gasteiger partial charge in [0, 0.05) is 0 Å². The topological polar surface area (TPSA) is 0 Å². The fourth-order valence-electron chi connectivity index (χ4n) is 0.918. The predicted molar refractivity (Wildman–Crippen MR) is 54.7 cm³/mol. The Morgan fingerprint density at radius 2 is 1.40 bits per heavy atom. The van der Waals surface area contributed by atoms with Crippen molar-refractivity contribution in [3.05, 3.63) is 8.96 Å². The first-order chi connectivity index (χ1) is 4.72. The van der Waals surface area contributed by atoms with Crippen LogP contribution in [0.2, 0.25) is 0 Å². The van der Waals surface area contributed by atoms with Gasteiger partial charge in [0.2, 0.25) is 0 Å². The van der Waals surface area contributed by atoms with Gasteiger partial charge in [-0.2, -0.15) is 0 Å². The van der Waals surface area contributed by atoms with Crippen molar-refractivity contribution in [2.45, 2.75) is 39.5 Å². The normalized spacial score (nSPS) is 9.60. The van der Waals surface area contributed by atoms with Gasteiger partial charge in [0.15, 0.2) is 0 Å². The van der Waals surface area contributed by atoms with Crippen LogP contribution < -0.4 is 0 Å². The third-order valence-corrected chi connectivity index (χ3v) is 2.49. The van der Waals surface area contributed by atoms with E-state index in [1.807, 2.05) is 0 Å². The molecule has 0 aliphatic carbocycles. The molecule has 0 heterocycles. The Hall–Kier alpha value is 0.700. The molecule has 0 saturated carbocycles. The fraction of sp³-hybridized carbons (Fsp3) is 0.750. The van der Waals surface area contributed by atoms with Gasteiger partial charge >= 0.3 is 0 Å². The average Bonchev–Trinajstić information content (AvgIpc) is 1.87. The van der Waals surface area contributed by atoms with Gasteiger partial charge in [-0.25, -0.2) is 0 Å². The number of rotatable bonds is 4. The lowest BCUT2D eigenvalue weighted by Crippen LogP contribution is -1.82. The highest BCUT2D eigenvalue weighted by Gasteiger charge is 1.98. The lowest BCUT2D eigenvalue weighted by Gasteiger charge is -2.03. The van der Waals surface area contributed by atoms with Gasteiger partial charge in [0.05, 0.1) is 3.39 Å². The van der Waals surface area contributed by atoms with Crippen LogP contribution >= 0.6 is 31.9 Å². The van der Waals surface area contributed by atoms with Crippen molar-refractivity contribution in [2.75, 3.05) is 0 Å². The molecule has 0 rings (SSSR count). The summed E-state index contributed by atoms with van der Waals surface area (Å²) in [5.74, 6) is 0. The van der Waals surface area contributed by atoms with E-state index in [9.17, 15) is 0 Å². The lowest BCUT2D eigenvalue weighted by molar-refractivity contribution is 0.805. The Morgan fingerprint density at radius 1 is 1.00 bits per heavy atom. The maximum Gasteiger partial charge on any atom is 0.0596 e. The minimum atomic E-state index is 1.16. The van der Waals surface area contributed by atoms with Crippen molar-refractivity contribution in [2.24, 2.45) is 0 Å². The molecule has 0 amide bonds. The van der Waals surface area contributed by atoms with Gasteiger partial charge < -0.3 is 0 Å². The van der Waals surface area contributed by atoms with Crippen LogP contribution in [0.25, 0.3) is 0 Å². The van der Waals surface area contributed by atoms with E-state index in [0.717, 1.165) is 3.39 Å². The molecule has 10 heavy (non-hydrogen) atoms. The highest BCUT2D eigenvalue weighted by Crippen LogP contribution is 2.25. The SMILES string of the molecule is CCCC(CCC)=C(Br)Br. The molecule has 0 aromatic rings. The lowest BCUT2D eigenvalue weighted by atomic mass is 10.1. The molecule has 0 bridgehead atoms. The van der Waals surface area contributed by atoms with Crippen LogP contribution in [0.3, 0.4) is 0 Å². The molecule has 0 saturated heterocycles. The molecule has 0 atom stereocenters. The molecule has 0 unspecified atom stereocenters. The molecule has 0 nitrogen and oxygen atoms in total. The van der Waals surface area contributed by atoms with E-state index in [-0.39, 0.29) is 0 Å². The second kappa shape index (κ2) is 6.41. The van der Waals surface area contributed by atoms with Crippen LogP contribution in [-0.4, -0.2) is 0 Å². The molecule has 0 fully saturated rings. The Labute approximate surface area is 80.3 Å². The summed E-state index contributed by atoms with van der Waals surface area (Å²) < 4.78 is 1.16. The fourth-order valence-corrected chi connectivity index (χ4v) is 1.71. The number of allylic oxidation sites excluding steroid dienone is 1. The number of hydrogen-bond donors (Lipinski definition) is 0. The summed E-state index contributed by atoms with van der Waals surface area (Å²) in [5.41, 5.74) is 1.50. The molecule has 0 aromatic heterocycles. The van der Waals surface area contributed by atoms with Crippen LogP contribution in [0.4, 0.5) is 0 Å². The van der Waals surface area contributed by atoms with Crippen LogP contribution in [0.1, 0.15) is 39.5 Å². The van der Waals surface area contributed by atoms with Gasteiger partial charge in [-0.05, 0) is 50.3 Å². The van der Waals surface area contributed by atoms with Gasteiger partial charge in [-0.1, -0.05) is 26.7 Å². The van der Waals surface area contributed by atoms with E-state index in [0.29, 0.717) is 0 Å². The zero-order chi connectivity index (χ0) is 7.98. The third kappa shape index (κ3) is 4.51. The zero-order valence-corrected chi connectivity index (χ0v) is 9.76. The Kier molecular flexibility index (Phi) is 6.86. The minimum Gasteiger partial charge on any atom is -0.0651 e. The smallest absolute Gasteiger partial charge is 0.0596 e. The second-order valence-corrected chi connectivity index (χ2v) is 5.01. The maximum absolute atomic E-state index is 3.44. The van der Waals surface area contributed by atoms with Crippen LogP contribution in [-0.2, 0) is 0 Å². The van der Waals surface area contributed by atoms with Crippen LogP contribution in [0.5, 0.6) is 0 Å². The summed E-state index contributed by atoms with van der Waals surface area (Å²) in [6.07, 6.45) is 4.88. The Morgan fingerprint density at radius 3 is 1.60 bits per heavy atom. The van der Waals surface area contributed by atoms with Crippen molar-refractivity contribution in [3.63, 3.8) is 0 Å². The van der Waals surface area contributed by atoms with Gasteiger partial charge in [0.1, 0.15) is 0 Å². The van der Waals surface area contributed by atoms with Crippen molar-refractivity contribution in [3.8, 4) is 0 Å². The summed E-state index contributed by atoms with van der Waals surface area (Å²) in [6, 6.07) is 0. The van der Waals surface area contributed by atoms with E-state index in [4.69, 9.17) is 0 Å². The molecule has 60 valence electrons. The first-order valence-electron chi connectivity index (χ1n) is 3.75. The summed E-state index contributed by atoms with van der Waals surface area (Å²) >= 11 is 6.88. The van der Waals surface area contributed by atoms with Crippen LogP contribution in [0, 0.1) is 0 Å². The molecule has 0 radical (unpaired) electrons. The molecule has 0 spiro atoms. The summed E-state index contributed by atoms with van der Waals surface area (Å²) in [5, 5.41) is 0. The average molecular weight is 270 g/mol. The van der Waals surface area contributed by atoms with Crippen molar-refractivity contribution < 1.29 is 0 Å². The first-order valence-corrected chi connectivity index (χ1v) is 5.34. The van der Waals surface area contributed by atoms with E-state index in [1.54, 1.807) is 0 Å². The Bertz CT molecular complexity index is 104. The van der Waals surface area contributed by atoms with Crippen molar-refractivity contribution in [1.82, 2.24) is 0 Å². The summed E-state index contributed by atoms with van der Waals surface area (Å²) in [4.78, 5) is 0. The molecule has 0 aromatic carbocycles. The highest BCUT2D eigenvalue weighted by atomic mass is 79.9. The monoisotopic (exact) mass is 268 g/mol. The second-order valence-electron chi connectivity index (χ2n) is 2.36. The van der Waals surface area contributed by atoms with Gasteiger partial charge in [-0.3, -0.25) is 0 Å². The van der Waals surface area contributed by atoms with E-state index >= 15 is 0 Å². The van der Waals surface area contributed by atoms with E-state index in [1.165, 1.54) is 31.3 Å². The van der Waals surface area contributed by atoms with Gasteiger partial charge in [-0.15, -0.1) is 0 Å². The van der Waals surface area contributed by atoms with E-state index in [2.05, 4.69) is 45.7 Å². The standard InChI is InChI=1S/C8H14Br2/c1-3-5-7(6-4-2)8(9)10/h3-6H2,1-2H3. The number of hydrogen-bond acceptors (Lipinski definition) is 0. The number of halogens is 2.